The van der Waals surface area contributed by atoms with Crippen molar-refractivity contribution >= 4 is 5.91 Å². The first-order chi connectivity index (χ1) is 9.18. The van der Waals surface area contributed by atoms with Crippen LogP contribution in [0, 0.1) is 11.3 Å². The normalized spacial score (nSPS) is 35.3. The molecule has 5 nitrogen and oxygen atoms in total. The number of carbonyl (C=O) groups excluding carboxylic acids is 1. The number of nitrogens with one attached hydrogen (secondary N) is 2. The van der Waals surface area contributed by atoms with Crippen LogP contribution in [0.15, 0.2) is 0 Å². The third-order valence-electron chi connectivity index (χ3n) is 4.54. The highest BCUT2D eigenvalue weighted by atomic mass is 16.5. The van der Waals surface area contributed by atoms with Gasteiger partial charge in [-0.25, -0.2) is 0 Å². The Kier molecular flexibility index (Phi) is 5.19. The Morgan fingerprint density at radius 2 is 2.26 bits per heavy atom. The number of hydrogen-bond acceptors (Lipinski definition) is 4. The monoisotopic (exact) mass is 270 g/mol. The lowest BCUT2D eigenvalue weighted by Crippen LogP contribution is -2.48. The van der Waals surface area contributed by atoms with E-state index in [-0.39, 0.29) is 17.9 Å². The van der Waals surface area contributed by atoms with Gasteiger partial charge in [-0.15, -0.1) is 0 Å². The van der Waals surface area contributed by atoms with Gasteiger partial charge in [0, 0.05) is 26.1 Å². The minimum absolute atomic E-state index is 0.0668. The average molecular weight is 270 g/mol. The summed E-state index contributed by atoms with van der Waals surface area (Å²) in [5.41, 5.74) is -0.422. The summed E-state index contributed by atoms with van der Waals surface area (Å²) in [6.07, 6.45) is 4.70. The first-order valence-electron chi connectivity index (χ1n) is 7.34. The molecule has 0 bridgehead atoms. The molecule has 1 heterocycles. The highest BCUT2D eigenvalue weighted by Gasteiger charge is 2.41. The van der Waals surface area contributed by atoms with Crippen LogP contribution in [0.1, 0.15) is 32.1 Å². The molecule has 110 valence electrons. The van der Waals surface area contributed by atoms with Gasteiger partial charge in [0.15, 0.2) is 0 Å². The van der Waals surface area contributed by atoms with E-state index in [1.807, 2.05) is 0 Å². The lowest BCUT2D eigenvalue weighted by molar-refractivity contribution is -0.133. The zero-order valence-electron chi connectivity index (χ0n) is 11.8. The zero-order valence-corrected chi connectivity index (χ0v) is 11.8. The van der Waals surface area contributed by atoms with Gasteiger partial charge in [0.25, 0.3) is 0 Å². The Balaban J connectivity index is 1.85. The van der Waals surface area contributed by atoms with Crippen LogP contribution in [-0.4, -0.2) is 50.5 Å². The van der Waals surface area contributed by atoms with Gasteiger partial charge in [-0.1, -0.05) is 12.8 Å². The molecule has 2 rings (SSSR count). The molecule has 0 aromatic heterocycles. The van der Waals surface area contributed by atoms with Crippen molar-refractivity contribution in [3.8, 4) is 0 Å². The van der Waals surface area contributed by atoms with E-state index >= 15 is 0 Å². The van der Waals surface area contributed by atoms with Crippen molar-refractivity contribution in [2.75, 3.05) is 33.4 Å². The molecule has 3 N–H and O–H groups in total. The van der Waals surface area contributed by atoms with Crippen LogP contribution < -0.4 is 10.6 Å². The molecule has 3 atom stereocenters. The molecule has 1 amide bonds. The maximum absolute atomic E-state index is 12.4. The molecule has 0 spiro atoms. The van der Waals surface area contributed by atoms with E-state index in [4.69, 9.17) is 4.74 Å². The summed E-state index contributed by atoms with van der Waals surface area (Å²) >= 11 is 0. The summed E-state index contributed by atoms with van der Waals surface area (Å²) in [6, 6.07) is 0. The lowest BCUT2D eigenvalue weighted by atomic mass is 9.84. The minimum atomic E-state index is -0.422. The Hall–Kier alpha value is -0.650. The fraction of sp³-hybridized carbons (Fsp3) is 0.929. The molecule has 0 aromatic carbocycles. The van der Waals surface area contributed by atoms with Gasteiger partial charge in [-0.05, 0) is 25.8 Å². The van der Waals surface area contributed by atoms with Gasteiger partial charge in [-0.2, -0.15) is 0 Å². The highest BCUT2D eigenvalue weighted by molar-refractivity contribution is 5.83. The molecule has 2 aliphatic rings. The van der Waals surface area contributed by atoms with Crippen LogP contribution in [0.25, 0.3) is 0 Å². The Bertz CT molecular complexity index is 303. The van der Waals surface area contributed by atoms with Crippen molar-refractivity contribution in [1.82, 2.24) is 10.6 Å². The molecule has 5 heteroatoms. The van der Waals surface area contributed by atoms with Crippen LogP contribution >= 0.6 is 0 Å². The van der Waals surface area contributed by atoms with E-state index in [2.05, 4.69) is 10.6 Å². The average Bonchev–Trinajstić information content (AvgIpc) is 2.88. The fourth-order valence-electron chi connectivity index (χ4n) is 3.24. The lowest BCUT2D eigenvalue weighted by Gasteiger charge is -2.30. The second-order valence-electron chi connectivity index (χ2n) is 5.96. The van der Waals surface area contributed by atoms with E-state index in [0.29, 0.717) is 19.7 Å². The number of amides is 1. The molecule has 1 saturated carbocycles. The summed E-state index contributed by atoms with van der Waals surface area (Å²) < 4.78 is 5.21. The van der Waals surface area contributed by atoms with E-state index < -0.39 is 5.41 Å². The predicted octanol–water partition coefficient (Wildman–Crippen LogP) is 0.280. The van der Waals surface area contributed by atoms with Gasteiger partial charge in [0.1, 0.15) is 0 Å². The molecular weight excluding hydrogens is 244 g/mol. The van der Waals surface area contributed by atoms with Gasteiger partial charge >= 0.3 is 0 Å². The predicted molar refractivity (Wildman–Crippen MR) is 72.8 cm³/mol. The number of carbonyl (C=O) groups is 1. The third-order valence-corrected chi connectivity index (χ3v) is 4.54. The highest BCUT2D eigenvalue weighted by Crippen LogP contribution is 2.27. The Labute approximate surface area is 115 Å². The number of aliphatic hydroxyl groups is 1. The number of aliphatic hydroxyl groups excluding tert-OH is 1. The van der Waals surface area contributed by atoms with E-state index in [1.165, 1.54) is 0 Å². The number of hydrogen-bond donors (Lipinski definition) is 3. The van der Waals surface area contributed by atoms with Gasteiger partial charge in [-0.3, -0.25) is 4.79 Å². The second kappa shape index (κ2) is 6.68. The molecule has 0 radical (unpaired) electrons. The molecule has 1 saturated heterocycles. The Morgan fingerprint density at radius 3 is 2.89 bits per heavy atom. The van der Waals surface area contributed by atoms with Crippen molar-refractivity contribution in [2.24, 2.45) is 11.3 Å². The van der Waals surface area contributed by atoms with Gasteiger partial charge in [0.05, 0.1) is 18.1 Å². The largest absolute Gasteiger partial charge is 0.393 e. The fourth-order valence-corrected chi connectivity index (χ4v) is 3.24. The van der Waals surface area contributed by atoms with Gasteiger partial charge in [0.2, 0.25) is 5.91 Å². The number of methoxy groups -OCH3 is 1. The minimum Gasteiger partial charge on any atom is -0.393 e. The standard InChI is InChI=1S/C14H26N2O3/c1-19-10-14(6-7-15-9-14)13(18)16-8-11-4-2-3-5-12(11)17/h11-12,15,17H,2-10H2,1H3,(H,16,18). The quantitative estimate of drug-likeness (QED) is 0.671. The molecule has 1 aliphatic carbocycles. The van der Waals surface area contributed by atoms with Crippen LogP contribution in [0.4, 0.5) is 0 Å². The maximum Gasteiger partial charge on any atom is 0.229 e. The molecular formula is C14H26N2O3. The van der Waals surface area contributed by atoms with Crippen LogP contribution in [0.2, 0.25) is 0 Å². The van der Waals surface area contributed by atoms with E-state index in [0.717, 1.165) is 38.6 Å². The van der Waals surface area contributed by atoms with Gasteiger partial charge < -0.3 is 20.5 Å². The molecule has 19 heavy (non-hydrogen) atoms. The Morgan fingerprint density at radius 1 is 1.47 bits per heavy atom. The van der Waals surface area contributed by atoms with Crippen molar-refractivity contribution in [1.29, 1.82) is 0 Å². The maximum atomic E-state index is 12.4. The van der Waals surface area contributed by atoms with E-state index in [1.54, 1.807) is 7.11 Å². The summed E-state index contributed by atoms with van der Waals surface area (Å²) in [5.74, 6) is 0.281. The molecule has 1 aliphatic heterocycles. The van der Waals surface area contributed by atoms with Crippen molar-refractivity contribution in [2.45, 2.75) is 38.2 Å². The SMILES string of the molecule is COCC1(C(=O)NCC2CCCCC2O)CCNC1. The first-order valence-corrected chi connectivity index (χ1v) is 7.34. The summed E-state index contributed by atoms with van der Waals surface area (Å²) in [5, 5.41) is 16.2. The van der Waals surface area contributed by atoms with Crippen LogP contribution in [0.5, 0.6) is 0 Å². The summed E-state index contributed by atoms with van der Waals surface area (Å²) in [4.78, 5) is 12.4. The van der Waals surface area contributed by atoms with Crippen molar-refractivity contribution < 1.29 is 14.6 Å². The first kappa shape index (κ1) is 14.8. The topological polar surface area (TPSA) is 70.6 Å². The van der Waals surface area contributed by atoms with E-state index in [9.17, 15) is 9.90 Å². The van der Waals surface area contributed by atoms with Crippen molar-refractivity contribution in [3.63, 3.8) is 0 Å². The number of ether oxygens (including phenoxy) is 1. The van der Waals surface area contributed by atoms with Crippen molar-refractivity contribution in [3.05, 3.63) is 0 Å². The van der Waals surface area contributed by atoms with Crippen LogP contribution in [0.3, 0.4) is 0 Å². The zero-order chi connectivity index (χ0) is 13.7. The summed E-state index contributed by atoms with van der Waals surface area (Å²) in [7, 11) is 1.64. The smallest absolute Gasteiger partial charge is 0.229 e. The molecule has 3 unspecified atom stereocenters. The second-order valence-corrected chi connectivity index (χ2v) is 5.96. The number of rotatable bonds is 5. The third kappa shape index (κ3) is 3.46. The summed E-state index contributed by atoms with van der Waals surface area (Å²) in [6.45, 7) is 2.59. The molecule has 0 aromatic rings. The van der Waals surface area contributed by atoms with Crippen LogP contribution in [-0.2, 0) is 9.53 Å². The molecule has 2 fully saturated rings.